The molecule has 0 aliphatic heterocycles. The van der Waals surface area contributed by atoms with Crippen LogP contribution in [0.3, 0.4) is 0 Å². The molecule has 0 N–H and O–H groups in total. The Morgan fingerprint density at radius 1 is 0.654 bits per heavy atom. The molecule has 0 aromatic carbocycles. The van der Waals surface area contributed by atoms with Crippen LogP contribution in [-0.2, 0) is 0 Å². The SMILES string of the molecule is O=[N+]([O-])c1cnc(SSc2ncc([N+](=O)[O-])cc2[N+](=O)[O-])c([N+](=O)[O-])c1. The summed E-state index contributed by atoms with van der Waals surface area (Å²) >= 11 is 0. The average Bonchev–Trinajstić information content (AvgIpc) is 2.59. The van der Waals surface area contributed by atoms with Gasteiger partial charge in [0.05, 0.1) is 31.8 Å². The maximum Gasteiger partial charge on any atom is 0.309 e. The number of rotatable bonds is 7. The number of nitrogens with zero attached hydrogens (tertiary/aromatic N) is 6. The summed E-state index contributed by atoms with van der Waals surface area (Å²) in [4.78, 5) is 47.1. The van der Waals surface area contributed by atoms with E-state index in [1.807, 2.05) is 0 Å². The van der Waals surface area contributed by atoms with Crippen LogP contribution in [0.2, 0.25) is 0 Å². The second-order valence-electron chi connectivity index (χ2n) is 4.23. The highest BCUT2D eigenvalue weighted by Crippen LogP contribution is 2.43. The molecule has 0 fully saturated rings. The first-order valence-electron chi connectivity index (χ1n) is 6.13. The van der Waals surface area contributed by atoms with Gasteiger partial charge in [0.25, 0.3) is 11.4 Å². The molecule has 0 unspecified atom stereocenters. The van der Waals surface area contributed by atoms with Gasteiger partial charge in [-0.3, -0.25) is 40.5 Å². The quantitative estimate of drug-likeness (QED) is 0.374. The molecule has 14 nitrogen and oxygen atoms in total. The fraction of sp³-hybridized carbons (Fsp3) is 0. The zero-order valence-electron chi connectivity index (χ0n) is 12.1. The fourth-order valence-corrected chi connectivity index (χ4v) is 3.56. The van der Waals surface area contributed by atoms with Crippen LogP contribution in [0.5, 0.6) is 0 Å². The van der Waals surface area contributed by atoms with E-state index in [-0.39, 0.29) is 10.1 Å². The van der Waals surface area contributed by atoms with Crippen molar-refractivity contribution in [1.82, 2.24) is 9.97 Å². The first-order valence-corrected chi connectivity index (χ1v) is 8.28. The average molecular weight is 400 g/mol. The van der Waals surface area contributed by atoms with E-state index in [4.69, 9.17) is 0 Å². The van der Waals surface area contributed by atoms with Gasteiger partial charge in [-0.15, -0.1) is 0 Å². The van der Waals surface area contributed by atoms with Crippen LogP contribution in [0.4, 0.5) is 22.7 Å². The number of hydrogen-bond donors (Lipinski definition) is 0. The van der Waals surface area contributed by atoms with Gasteiger partial charge < -0.3 is 0 Å². The Labute approximate surface area is 149 Å². The molecule has 0 saturated carbocycles. The zero-order valence-corrected chi connectivity index (χ0v) is 13.7. The molecule has 0 radical (unpaired) electrons. The monoisotopic (exact) mass is 400 g/mol. The molecule has 2 rings (SSSR count). The number of nitro groups is 4. The van der Waals surface area contributed by atoms with Gasteiger partial charge in [-0.05, 0) is 21.6 Å². The van der Waals surface area contributed by atoms with E-state index >= 15 is 0 Å². The van der Waals surface area contributed by atoms with Crippen molar-refractivity contribution < 1.29 is 19.7 Å². The van der Waals surface area contributed by atoms with Crippen LogP contribution in [0.15, 0.2) is 34.6 Å². The number of pyridine rings is 2. The van der Waals surface area contributed by atoms with Crippen LogP contribution in [-0.4, -0.2) is 29.7 Å². The van der Waals surface area contributed by atoms with Crippen LogP contribution < -0.4 is 0 Å². The minimum Gasteiger partial charge on any atom is -0.258 e. The molecule has 2 aromatic rings. The molecule has 0 saturated heterocycles. The zero-order chi connectivity index (χ0) is 19.4. The van der Waals surface area contributed by atoms with Gasteiger partial charge >= 0.3 is 11.4 Å². The molecule has 134 valence electrons. The van der Waals surface area contributed by atoms with E-state index in [1.165, 1.54) is 0 Å². The molecule has 16 heteroatoms. The molecule has 26 heavy (non-hydrogen) atoms. The summed E-state index contributed by atoms with van der Waals surface area (Å²) in [5.41, 5.74) is -2.52. The first kappa shape index (κ1) is 18.9. The lowest BCUT2D eigenvalue weighted by atomic mass is 10.4. The highest BCUT2D eigenvalue weighted by atomic mass is 33.1. The molecule has 0 spiro atoms. The number of aromatic nitrogens is 2. The normalized spacial score (nSPS) is 10.3. The van der Waals surface area contributed by atoms with Gasteiger partial charge in [0, 0.05) is 0 Å². The van der Waals surface area contributed by atoms with E-state index < -0.39 is 42.4 Å². The maximum absolute atomic E-state index is 11.0. The second kappa shape index (κ2) is 7.66. The molecule has 0 bridgehead atoms. The molecule has 2 aromatic heterocycles. The predicted molar refractivity (Wildman–Crippen MR) is 86.8 cm³/mol. The van der Waals surface area contributed by atoms with Gasteiger partial charge in [0.2, 0.25) is 0 Å². The van der Waals surface area contributed by atoms with Crippen LogP contribution in [0, 0.1) is 40.5 Å². The lowest BCUT2D eigenvalue weighted by Gasteiger charge is -2.02. The van der Waals surface area contributed by atoms with E-state index in [1.54, 1.807) is 0 Å². The van der Waals surface area contributed by atoms with Gasteiger partial charge in [-0.2, -0.15) is 0 Å². The third-order valence-corrected chi connectivity index (χ3v) is 4.88. The molecule has 0 amide bonds. The van der Waals surface area contributed by atoms with Crippen molar-refractivity contribution in [3.8, 4) is 0 Å². The van der Waals surface area contributed by atoms with Crippen molar-refractivity contribution in [1.29, 1.82) is 0 Å². The van der Waals surface area contributed by atoms with Crippen molar-refractivity contribution in [2.75, 3.05) is 0 Å². The fourth-order valence-electron chi connectivity index (χ4n) is 1.53. The highest BCUT2D eigenvalue weighted by molar-refractivity contribution is 8.76. The second-order valence-corrected chi connectivity index (χ2v) is 6.34. The summed E-state index contributed by atoms with van der Waals surface area (Å²) in [5.74, 6) is 0. The Morgan fingerprint density at radius 2 is 1.00 bits per heavy atom. The van der Waals surface area contributed by atoms with Gasteiger partial charge in [0.1, 0.15) is 12.4 Å². The van der Waals surface area contributed by atoms with Crippen LogP contribution >= 0.6 is 21.6 Å². The van der Waals surface area contributed by atoms with Gasteiger partial charge in [-0.25, -0.2) is 9.97 Å². The Bertz CT molecular complexity index is 862. The van der Waals surface area contributed by atoms with Crippen molar-refractivity contribution in [3.05, 3.63) is 65.0 Å². The lowest BCUT2D eigenvalue weighted by molar-refractivity contribution is -0.397. The Balaban J connectivity index is 2.34. The standard InChI is InChI=1S/C10H4N6O8S2/c17-13(18)5-1-7(15(21)22)9(11-3-5)25-26-10-8(16(23)24)2-6(4-12-10)14(19)20/h1-4H. The minimum atomic E-state index is -0.888. The highest BCUT2D eigenvalue weighted by Gasteiger charge is 2.25. The third-order valence-electron chi connectivity index (χ3n) is 2.65. The van der Waals surface area contributed by atoms with E-state index in [9.17, 15) is 40.5 Å². The molecule has 2 heterocycles. The predicted octanol–water partition coefficient (Wildman–Crippen LogP) is 2.91. The number of hydrogen-bond acceptors (Lipinski definition) is 12. The molecule has 0 aliphatic carbocycles. The Morgan fingerprint density at radius 3 is 1.27 bits per heavy atom. The largest absolute Gasteiger partial charge is 0.309 e. The maximum atomic E-state index is 11.0. The van der Waals surface area contributed by atoms with Crippen molar-refractivity contribution >= 4 is 44.3 Å². The van der Waals surface area contributed by atoms with Gasteiger partial charge in [0.15, 0.2) is 10.1 Å². The smallest absolute Gasteiger partial charge is 0.258 e. The molecular weight excluding hydrogens is 396 g/mol. The van der Waals surface area contributed by atoms with E-state index in [0.29, 0.717) is 33.7 Å². The summed E-state index contributed by atoms with van der Waals surface area (Å²) in [6, 6.07) is 1.40. The van der Waals surface area contributed by atoms with Crippen LogP contribution in [0.25, 0.3) is 0 Å². The summed E-state index contributed by atoms with van der Waals surface area (Å²) in [6.45, 7) is 0. The van der Waals surface area contributed by atoms with E-state index in [2.05, 4.69) is 9.97 Å². The summed E-state index contributed by atoms with van der Waals surface area (Å²) in [5, 5.41) is 42.9. The van der Waals surface area contributed by atoms with Crippen molar-refractivity contribution in [3.63, 3.8) is 0 Å². The van der Waals surface area contributed by atoms with Gasteiger partial charge in [-0.1, -0.05) is 0 Å². The van der Waals surface area contributed by atoms with E-state index in [0.717, 1.165) is 12.4 Å². The minimum absolute atomic E-state index is 0.250. The van der Waals surface area contributed by atoms with Crippen molar-refractivity contribution in [2.45, 2.75) is 10.1 Å². The molecular formula is C10H4N6O8S2. The summed E-state index contributed by atoms with van der Waals surface area (Å²) in [7, 11) is 1.20. The Hall–Kier alpha value is -3.40. The summed E-state index contributed by atoms with van der Waals surface area (Å²) in [6.07, 6.45) is 1.60. The summed E-state index contributed by atoms with van der Waals surface area (Å²) < 4.78 is 0. The van der Waals surface area contributed by atoms with Crippen molar-refractivity contribution in [2.24, 2.45) is 0 Å². The van der Waals surface area contributed by atoms with Crippen LogP contribution in [0.1, 0.15) is 0 Å². The lowest BCUT2D eigenvalue weighted by Crippen LogP contribution is -1.97. The topological polar surface area (TPSA) is 198 Å². The Kier molecular flexibility index (Phi) is 5.58. The third kappa shape index (κ3) is 4.16. The molecule has 0 atom stereocenters. The molecule has 0 aliphatic rings. The first-order chi connectivity index (χ1) is 12.2.